The molecule has 54 nitrogen and oxygen atoms in total. The minimum Gasteiger partial charge on any atom is -0.506 e. The Hall–Kier alpha value is -7.50. The van der Waals surface area contributed by atoms with Crippen LogP contribution in [0.15, 0.2) is 36.4 Å². The topological polar surface area (TPSA) is 843 Å². The summed E-state index contributed by atoms with van der Waals surface area (Å²) in [4.78, 5) is 209. The molecule has 63 heteroatoms. The van der Waals surface area contributed by atoms with Crippen LogP contribution in [0, 0.1) is 41.5 Å². The standard InChI is InChI=1S/3C22H32N4O14P2.3Mn/c3*1-13-21(31)15(5-17(23-13)11-39-41(33,34)35)7-25(9-19(27)28)3-4-26(10-20(29)30)8-16-6-18(12-40-42(36,37)38)24-14(2)22(16)32;;;/h3*5-6,31-32H,3-4,7-12H2,1-2H3,(H,27,28)(H,29,30)(H2,33,34,35)(H2,36,37,38);;;. The number of phosphoric ester groups is 6. The second-order valence-electron chi connectivity index (χ2n) is 27.5. The molecule has 6 rings (SSSR count). The van der Waals surface area contributed by atoms with Crippen LogP contribution in [0.2, 0.25) is 0 Å². The van der Waals surface area contributed by atoms with Gasteiger partial charge in [-0.05, 0) is 77.9 Å². The van der Waals surface area contributed by atoms with E-state index in [0.29, 0.717) is 0 Å². The van der Waals surface area contributed by atoms with Gasteiger partial charge in [-0.15, -0.1) is 0 Å². The molecule has 3 radical (unpaired) electrons. The van der Waals surface area contributed by atoms with E-state index in [1.54, 1.807) is 0 Å². The average molecular weight is 2080 g/mol. The Balaban J connectivity index is 0.000000956. The third kappa shape index (κ3) is 48.1. The van der Waals surface area contributed by atoms with Gasteiger partial charge in [0, 0.05) is 163 Å². The molecule has 0 saturated heterocycles. The van der Waals surface area contributed by atoms with Crippen LogP contribution in [-0.2, 0) is 213 Å². The van der Waals surface area contributed by atoms with Gasteiger partial charge in [-0.1, -0.05) is 0 Å². The number of phosphoric acid groups is 6. The zero-order valence-electron chi connectivity index (χ0n) is 68.7. The van der Waals surface area contributed by atoms with Gasteiger partial charge in [0.15, 0.2) is 0 Å². The van der Waals surface area contributed by atoms with E-state index in [1.165, 1.54) is 107 Å². The fourth-order valence-electron chi connectivity index (χ4n) is 11.6. The summed E-state index contributed by atoms with van der Waals surface area (Å²) in [7, 11) is -28.9. The van der Waals surface area contributed by atoms with Crippen molar-refractivity contribution in [3.05, 3.63) is 138 Å². The summed E-state index contributed by atoms with van der Waals surface area (Å²) in [5.74, 6) is -9.07. The Labute approximate surface area is 764 Å². The van der Waals surface area contributed by atoms with E-state index in [1.807, 2.05) is 0 Å². The Bertz CT molecular complexity index is 4340. The molecule has 0 aliphatic carbocycles. The largest absolute Gasteiger partial charge is 0.506 e. The van der Waals surface area contributed by atoms with Crippen LogP contribution in [0.25, 0.3) is 0 Å². The third-order valence-corrected chi connectivity index (χ3v) is 19.6. The Morgan fingerprint density at radius 1 is 0.248 bits per heavy atom. The normalized spacial score (nSPS) is 12.0. The van der Waals surface area contributed by atoms with Gasteiger partial charge in [-0.2, -0.15) is 0 Å². The number of hydrogen-bond donors (Lipinski definition) is 24. The van der Waals surface area contributed by atoms with Crippen molar-refractivity contribution in [2.45, 2.75) is 120 Å². The Morgan fingerprint density at radius 3 is 0.450 bits per heavy atom. The maximum atomic E-state index is 11.6. The van der Waals surface area contributed by atoms with E-state index in [9.17, 15) is 117 Å². The van der Waals surface area contributed by atoms with Gasteiger partial charge < -0.3 is 120 Å². The summed E-state index contributed by atoms with van der Waals surface area (Å²) in [5, 5.41) is 119. The molecule has 0 amide bonds. The first-order valence-corrected chi connectivity index (χ1v) is 45.1. The fourth-order valence-corrected chi connectivity index (χ4v) is 13.4. The van der Waals surface area contributed by atoms with Crippen LogP contribution in [0.5, 0.6) is 34.5 Å². The molecule has 0 spiro atoms. The van der Waals surface area contributed by atoms with Crippen LogP contribution in [0.3, 0.4) is 0 Å². The van der Waals surface area contributed by atoms with Gasteiger partial charge in [0.1, 0.15) is 74.1 Å². The summed E-state index contributed by atoms with van der Waals surface area (Å²) in [6.07, 6.45) is 0. The monoisotopic (exact) mass is 2080 g/mol. The van der Waals surface area contributed by atoms with Crippen molar-refractivity contribution < 1.29 is 255 Å². The zero-order valence-corrected chi connectivity index (χ0v) is 77.6. The first-order valence-electron chi connectivity index (χ1n) is 35.9. The summed E-state index contributed by atoms with van der Waals surface area (Å²) < 4.78 is 93.0. The number of carbonyl (C=O) groups is 6. The summed E-state index contributed by atoms with van der Waals surface area (Å²) in [5.41, 5.74) is 2.03. The quantitative estimate of drug-likeness (QED) is 0.0183. The van der Waals surface area contributed by atoms with Gasteiger partial charge >= 0.3 is 82.8 Å². The number of carboxylic acids is 6. The molecular weight excluding hydrogens is 1980 g/mol. The van der Waals surface area contributed by atoms with Crippen molar-refractivity contribution in [2.75, 3.05) is 78.5 Å². The third-order valence-electron chi connectivity index (χ3n) is 16.8. The van der Waals surface area contributed by atoms with Crippen molar-refractivity contribution in [2.24, 2.45) is 0 Å². The number of nitrogens with zero attached hydrogens (tertiary/aromatic N) is 12. The number of hydrogen-bond acceptors (Lipinski definition) is 36. The van der Waals surface area contributed by atoms with Gasteiger partial charge in [-0.25, -0.2) is 27.4 Å². The second-order valence-corrected chi connectivity index (χ2v) is 34.9. The number of aliphatic carboxylic acids is 6. The molecule has 0 aliphatic rings. The molecule has 723 valence electrons. The molecule has 24 N–H and O–H groups in total. The maximum Gasteiger partial charge on any atom is 0.469 e. The minimum absolute atomic E-state index is 0. The SMILES string of the molecule is Cc1nc(COP(=O)(O)O)cc(CN(CCN(CC(=O)O)Cc2cc(COP(=O)(O)O)nc(C)c2O)CC(=O)O)c1O.Cc1nc(COP(=O)(O)O)cc(CN(CCN(CC(=O)O)Cc2cc(COP(=O)(O)O)nc(C)c2O)CC(=O)O)c1O.Cc1nc(COP(=O)(O)O)cc(CN(CCN(CC(=O)O)Cc2cc(COP(=O)(O)O)nc(C)c2O)CC(=O)O)c1O.[Mn].[Mn].[Mn]. The molecule has 0 aromatic carbocycles. The molecule has 0 saturated carbocycles. The molecule has 0 fully saturated rings. The van der Waals surface area contributed by atoms with Crippen LogP contribution in [0.1, 0.15) is 102 Å². The molecule has 6 aromatic heterocycles. The van der Waals surface area contributed by atoms with Crippen LogP contribution < -0.4 is 0 Å². The van der Waals surface area contributed by atoms with Crippen molar-refractivity contribution in [3.63, 3.8) is 0 Å². The van der Waals surface area contributed by atoms with Gasteiger partial charge in [0.25, 0.3) is 0 Å². The first-order chi connectivity index (χ1) is 58.0. The molecule has 0 unspecified atom stereocenters. The predicted molar refractivity (Wildman–Crippen MR) is 422 cm³/mol. The first kappa shape index (κ1) is 120. The molecule has 6 aromatic rings. The van der Waals surface area contributed by atoms with E-state index < -0.39 is 162 Å². The van der Waals surface area contributed by atoms with Crippen LogP contribution in [0.4, 0.5) is 0 Å². The van der Waals surface area contributed by atoms with Gasteiger partial charge in [-0.3, -0.25) is 115 Å². The number of carboxylic acid groups (broad SMARTS) is 6. The van der Waals surface area contributed by atoms with Gasteiger partial charge in [0.2, 0.25) is 0 Å². The van der Waals surface area contributed by atoms with E-state index >= 15 is 0 Å². The Morgan fingerprint density at radius 2 is 0.357 bits per heavy atom. The maximum absolute atomic E-state index is 11.6. The summed E-state index contributed by atoms with van der Waals surface area (Å²) in [6, 6.07) is 7.76. The summed E-state index contributed by atoms with van der Waals surface area (Å²) >= 11 is 0. The molecule has 0 bridgehead atoms. The zero-order chi connectivity index (χ0) is 95.5. The number of aromatic hydroxyl groups is 6. The van der Waals surface area contributed by atoms with Crippen molar-refractivity contribution in [1.29, 1.82) is 0 Å². The Kier molecular flexibility index (Phi) is 50.0. The molecular formula is C66H96Mn3N12O42P6. The molecule has 0 atom stereocenters. The molecule has 6 heterocycles. The average Bonchev–Trinajstić information content (AvgIpc) is 0.850. The smallest absolute Gasteiger partial charge is 0.469 e. The number of aryl methyl sites for hydroxylation is 6. The van der Waals surface area contributed by atoms with Crippen LogP contribution >= 0.6 is 46.9 Å². The molecule has 129 heavy (non-hydrogen) atoms. The van der Waals surface area contributed by atoms with E-state index in [2.05, 4.69) is 57.0 Å². The van der Waals surface area contributed by atoms with Crippen molar-refractivity contribution in [3.8, 4) is 34.5 Å². The second kappa shape index (κ2) is 54.0. The fraction of sp³-hybridized carbons (Fsp3) is 0.455. The number of aromatic nitrogens is 6. The van der Waals surface area contributed by atoms with Gasteiger partial charge in [0.05, 0.1) is 108 Å². The number of rotatable bonds is 51. The number of pyridine rings is 6. The minimum atomic E-state index is -4.81. The predicted octanol–water partition coefficient (Wildman–Crippen LogP) is 0.582. The van der Waals surface area contributed by atoms with Crippen molar-refractivity contribution >= 4 is 82.8 Å². The van der Waals surface area contributed by atoms with E-state index in [0.717, 1.165) is 0 Å². The van der Waals surface area contributed by atoms with Crippen molar-refractivity contribution in [1.82, 2.24) is 59.3 Å². The molecule has 0 aliphatic heterocycles. The van der Waals surface area contributed by atoms with Crippen LogP contribution in [-0.4, -0.2) is 294 Å². The van der Waals surface area contributed by atoms with E-state index in [-0.39, 0.29) is 266 Å². The van der Waals surface area contributed by atoms with E-state index in [4.69, 9.17) is 58.7 Å². The summed E-state index contributed by atoms with van der Waals surface area (Å²) in [6.45, 7) is 0.584.